The molecule has 0 saturated carbocycles. The predicted molar refractivity (Wildman–Crippen MR) is 133 cm³/mol. The lowest BCUT2D eigenvalue weighted by Crippen LogP contribution is -2.50. The molecule has 2 aliphatic heterocycles. The summed E-state index contributed by atoms with van der Waals surface area (Å²) in [6.07, 6.45) is -0.540. The van der Waals surface area contributed by atoms with Crippen LogP contribution in [0.5, 0.6) is 0 Å². The Morgan fingerprint density at radius 3 is 2.88 bits per heavy atom. The molecular formula is C25H26ClF2N3O2S. The molecule has 0 bridgehead atoms. The molecule has 2 heterocycles. The van der Waals surface area contributed by atoms with Crippen molar-refractivity contribution in [2.24, 2.45) is 4.99 Å². The quantitative estimate of drug-likeness (QED) is 0.590. The zero-order valence-corrected chi connectivity index (χ0v) is 20.6. The van der Waals surface area contributed by atoms with Gasteiger partial charge in [-0.15, -0.1) is 0 Å². The summed E-state index contributed by atoms with van der Waals surface area (Å²) in [7, 11) is 0. The van der Waals surface area contributed by atoms with E-state index in [0.29, 0.717) is 48.9 Å². The van der Waals surface area contributed by atoms with Gasteiger partial charge in [-0.05, 0) is 37.1 Å². The molecular weight excluding hydrogens is 480 g/mol. The SMILES string of the molecule is CC1=C(C(CNC(=O)c2c(C)cccc2Cl)N2CCOC(c3ccc(F)cc3F)C2)SC=NC1. The third-order valence-corrected chi connectivity index (χ3v) is 7.50. The van der Waals surface area contributed by atoms with Gasteiger partial charge in [-0.3, -0.25) is 14.7 Å². The number of carbonyl (C=O) groups excluding carboxylic acids is 1. The van der Waals surface area contributed by atoms with Gasteiger partial charge in [0.2, 0.25) is 0 Å². The third kappa shape index (κ3) is 5.51. The van der Waals surface area contributed by atoms with Crippen LogP contribution >= 0.6 is 23.4 Å². The summed E-state index contributed by atoms with van der Waals surface area (Å²) in [6.45, 7) is 6.22. The van der Waals surface area contributed by atoms with E-state index in [2.05, 4.69) is 15.2 Å². The van der Waals surface area contributed by atoms with E-state index in [9.17, 15) is 13.6 Å². The van der Waals surface area contributed by atoms with Crippen molar-refractivity contribution in [3.8, 4) is 0 Å². The molecule has 1 N–H and O–H groups in total. The summed E-state index contributed by atoms with van der Waals surface area (Å²) in [5, 5.41) is 3.45. The van der Waals surface area contributed by atoms with Crippen molar-refractivity contribution in [2.75, 3.05) is 32.8 Å². The van der Waals surface area contributed by atoms with Gasteiger partial charge in [-0.1, -0.05) is 41.6 Å². The lowest BCUT2D eigenvalue weighted by Gasteiger charge is -2.40. The third-order valence-electron chi connectivity index (χ3n) is 6.06. The Labute approximate surface area is 207 Å². The van der Waals surface area contributed by atoms with E-state index in [1.165, 1.54) is 23.9 Å². The Hall–Kier alpha value is -2.26. The van der Waals surface area contributed by atoms with E-state index in [4.69, 9.17) is 16.3 Å². The fourth-order valence-electron chi connectivity index (χ4n) is 4.30. The molecule has 2 unspecified atom stereocenters. The van der Waals surface area contributed by atoms with E-state index in [0.717, 1.165) is 22.1 Å². The molecule has 0 aliphatic carbocycles. The second-order valence-electron chi connectivity index (χ2n) is 8.39. The van der Waals surface area contributed by atoms with Crippen LogP contribution < -0.4 is 5.32 Å². The number of morpholine rings is 1. The van der Waals surface area contributed by atoms with Crippen molar-refractivity contribution in [3.63, 3.8) is 0 Å². The van der Waals surface area contributed by atoms with Gasteiger partial charge in [0.15, 0.2) is 0 Å². The van der Waals surface area contributed by atoms with Crippen LogP contribution in [0.4, 0.5) is 8.78 Å². The summed E-state index contributed by atoms with van der Waals surface area (Å²) in [6, 6.07) is 8.76. The number of hydrogen-bond acceptors (Lipinski definition) is 5. The van der Waals surface area contributed by atoms with Crippen molar-refractivity contribution in [3.05, 3.63) is 80.2 Å². The fourth-order valence-corrected chi connectivity index (χ4v) is 5.52. The van der Waals surface area contributed by atoms with Crippen LogP contribution in [0.25, 0.3) is 0 Å². The van der Waals surface area contributed by atoms with Gasteiger partial charge in [-0.2, -0.15) is 0 Å². The molecule has 9 heteroatoms. The average Bonchev–Trinajstić information content (AvgIpc) is 2.80. The maximum Gasteiger partial charge on any atom is 0.253 e. The van der Waals surface area contributed by atoms with Crippen LogP contribution in [-0.2, 0) is 4.74 Å². The van der Waals surface area contributed by atoms with Gasteiger partial charge < -0.3 is 10.1 Å². The fraction of sp³-hybridized carbons (Fsp3) is 0.360. The second-order valence-corrected chi connectivity index (χ2v) is 9.68. The first-order valence-corrected chi connectivity index (χ1v) is 12.3. The van der Waals surface area contributed by atoms with Crippen LogP contribution in [0.2, 0.25) is 5.02 Å². The predicted octanol–water partition coefficient (Wildman–Crippen LogP) is 5.15. The molecule has 4 rings (SSSR count). The van der Waals surface area contributed by atoms with Crippen molar-refractivity contribution < 1.29 is 18.3 Å². The first kappa shape index (κ1) is 24.9. The van der Waals surface area contributed by atoms with Crippen molar-refractivity contribution >= 4 is 34.8 Å². The molecule has 34 heavy (non-hydrogen) atoms. The lowest BCUT2D eigenvalue weighted by molar-refractivity contribution is -0.0404. The van der Waals surface area contributed by atoms with Crippen LogP contribution in [0, 0.1) is 18.6 Å². The van der Waals surface area contributed by atoms with Gasteiger partial charge >= 0.3 is 0 Å². The smallest absolute Gasteiger partial charge is 0.253 e. The monoisotopic (exact) mass is 505 g/mol. The average molecular weight is 506 g/mol. The highest BCUT2D eigenvalue weighted by atomic mass is 35.5. The minimum Gasteiger partial charge on any atom is -0.371 e. The van der Waals surface area contributed by atoms with E-state index in [1.54, 1.807) is 6.07 Å². The molecule has 1 fully saturated rings. The summed E-state index contributed by atoms with van der Waals surface area (Å²) in [5.41, 5.74) is 4.52. The number of thioether (sulfide) groups is 1. The van der Waals surface area contributed by atoms with E-state index in [-0.39, 0.29) is 11.9 Å². The van der Waals surface area contributed by atoms with E-state index in [1.807, 2.05) is 31.5 Å². The largest absolute Gasteiger partial charge is 0.371 e. The van der Waals surface area contributed by atoms with Gasteiger partial charge in [0.05, 0.1) is 41.4 Å². The number of carbonyl (C=O) groups is 1. The topological polar surface area (TPSA) is 53.9 Å². The molecule has 1 saturated heterocycles. The molecule has 2 atom stereocenters. The molecule has 0 spiro atoms. The minimum atomic E-state index is -0.625. The first-order valence-electron chi connectivity index (χ1n) is 11.0. The molecule has 180 valence electrons. The molecule has 2 aromatic carbocycles. The van der Waals surface area contributed by atoms with Gasteiger partial charge in [0.25, 0.3) is 5.91 Å². The van der Waals surface area contributed by atoms with Crippen molar-refractivity contribution in [1.29, 1.82) is 0 Å². The minimum absolute atomic E-state index is 0.154. The van der Waals surface area contributed by atoms with Crippen molar-refractivity contribution in [1.82, 2.24) is 10.2 Å². The number of nitrogens with zero attached hydrogens (tertiary/aromatic N) is 2. The second kappa shape index (κ2) is 11.0. The molecule has 0 aromatic heterocycles. The number of rotatable bonds is 6. The summed E-state index contributed by atoms with van der Waals surface area (Å²) < 4.78 is 33.7. The summed E-state index contributed by atoms with van der Waals surface area (Å²) in [4.78, 5) is 20.6. The number of ether oxygens (including phenoxy) is 1. The van der Waals surface area contributed by atoms with Crippen molar-refractivity contribution in [2.45, 2.75) is 26.0 Å². The standard InChI is InChI=1S/C25H26ClF2N3O2S/c1-15-4-3-5-19(26)23(15)25(32)30-12-21(24-16(2)11-29-14-34-24)31-8-9-33-22(13-31)18-7-6-17(27)10-20(18)28/h3-7,10,14,21-22H,8-9,11-13H2,1-2H3,(H,30,32). The Morgan fingerprint density at radius 1 is 1.32 bits per heavy atom. The maximum atomic E-state index is 14.5. The number of halogens is 3. The zero-order chi connectivity index (χ0) is 24.2. The molecule has 0 radical (unpaired) electrons. The highest BCUT2D eigenvalue weighted by Gasteiger charge is 2.32. The van der Waals surface area contributed by atoms with Gasteiger partial charge in [0, 0.05) is 36.2 Å². The number of aliphatic imine (C=N–C) groups is 1. The first-order chi connectivity index (χ1) is 16.3. The van der Waals surface area contributed by atoms with Crippen LogP contribution in [0.3, 0.4) is 0 Å². The number of amides is 1. The number of benzene rings is 2. The lowest BCUT2D eigenvalue weighted by atomic mass is 10.0. The summed E-state index contributed by atoms with van der Waals surface area (Å²) >= 11 is 7.83. The van der Waals surface area contributed by atoms with Gasteiger partial charge in [0.1, 0.15) is 11.6 Å². The van der Waals surface area contributed by atoms with Gasteiger partial charge in [-0.25, -0.2) is 8.78 Å². The molecule has 2 aromatic rings. The molecule has 1 amide bonds. The van der Waals surface area contributed by atoms with Crippen LogP contribution in [0.1, 0.15) is 34.5 Å². The van der Waals surface area contributed by atoms with Crippen LogP contribution in [0.15, 0.2) is 51.9 Å². The Bertz CT molecular complexity index is 1120. The Morgan fingerprint density at radius 2 is 2.15 bits per heavy atom. The molecule has 5 nitrogen and oxygen atoms in total. The zero-order valence-electron chi connectivity index (χ0n) is 19.0. The summed E-state index contributed by atoms with van der Waals surface area (Å²) in [5.74, 6) is -1.49. The van der Waals surface area contributed by atoms with Crippen LogP contribution in [-0.4, -0.2) is 55.2 Å². The number of nitrogens with one attached hydrogen (secondary N) is 1. The highest BCUT2D eigenvalue weighted by Crippen LogP contribution is 2.32. The van der Waals surface area contributed by atoms with E-state index >= 15 is 0 Å². The Balaban J connectivity index is 1.57. The van der Waals surface area contributed by atoms with E-state index < -0.39 is 17.7 Å². The number of aryl methyl sites for hydroxylation is 1. The highest BCUT2D eigenvalue weighted by molar-refractivity contribution is 8.15. The Kier molecular flexibility index (Phi) is 8.03. The number of hydrogen-bond donors (Lipinski definition) is 1. The molecule has 2 aliphatic rings. The maximum absolute atomic E-state index is 14.5. The normalized spacial score (nSPS) is 19.9.